The van der Waals surface area contributed by atoms with Crippen LogP contribution in [-0.2, 0) is 14.3 Å². The zero-order valence-corrected chi connectivity index (χ0v) is 21.1. The molecule has 6 atom stereocenters. The molecule has 4 heteroatoms. The van der Waals surface area contributed by atoms with Gasteiger partial charge in [0.1, 0.15) is 12.2 Å². The normalized spacial score (nSPS) is 27.9. The number of carbonyl (C=O) groups excluding carboxylic acids is 2. The van der Waals surface area contributed by atoms with Crippen LogP contribution < -0.4 is 0 Å². The molecule has 0 radical (unpaired) electrons. The number of allylic oxidation sites excluding steroid dienone is 1. The van der Waals surface area contributed by atoms with E-state index in [-0.39, 0.29) is 11.9 Å². The van der Waals surface area contributed by atoms with Gasteiger partial charge in [0.2, 0.25) is 0 Å². The number of rotatable bonds is 6. The predicted molar refractivity (Wildman–Crippen MR) is 146 cm³/mol. The summed E-state index contributed by atoms with van der Waals surface area (Å²) in [6.45, 7) is 6.04. The summed E-state index contributed by atoms with van der Waals surface area (Å²) in [6.07, 6.45) is 7.33. The van der Waals surface area contributed by atoms with Crippen molar-refractivity contribution in [3.8, 4) is 0 Å². The van der Waals surface area contributed by atoms with Gasteiger partial charge in [-0.15, -0.1) is 0 Å². The molecular formula is C33H32O4. The lowest BCUT2D eigenvalue weighted by molar-refractivity contribution is -0.150. The molecule has 6 unspecified atom stereocenters. The van der Waals surface area contributed by atoms with Crippen molar-refractivity contribution in [1.82, 2.24) is 0 Å². The van der Waals surface area contributed by atoms with Gasteiger partial charge in [-0.1, -0.05) is 79.4 Å². The van der Waals surface area contributed by atoms with Gasteiger partial charge >= 0.3 is 11.9 Å². The molecule has 188 valence electrons. The molecule has 0 aliphatic heterocycles. The minimum atomic E-state index is -0.451. The Morgan fingerprint density at radius 1 is 0.865 bits per heavy atom. The third-order valence-electron chi connectivity index (χ3n) is 8.80. The Balaban J connectivity index is 1.26. The standard InChI is InChI=1S/C33H32O4/c1-3-9-21-10-4-6-13-25(21)20(2)32(34)37-31-29(19-28-23-16-17-24(18-23)30(28)31)36-33(35)27-15-8-12-22-11-5-7-14-26(22)27/h3-15,23-24,28-31H,2,16-19H2,1H3/b9-3-. The third-order valence-corrected chi connectivity index (χ3v) is 8.80. The van der Waals surface area contributed by atoms with Gasteiger partial charge in [0.15, 0.2) is 0 Å². The summed E-state index contributed by atoms with van der Waals surface area (Å²) in [5, 5.41) is 1.87. The van der Waals surface area contributed by atoms with Gasteiger partial charge in [0.25, 0.3) is 0 Å². The van der Waals surface area contributed by atoms with E-state index in [4.69, 9.17) is 9.47 Å². The number of ether oxygens (including phenoxy) is 2. The van der Waals surface area contributed by atoms with E-state index < -0.39 is 18.2 Å². The molecule has 0 saturated heterocycles. The van der Waals surface area contributed by atoms with Gasteiger partial charge < -0.3 is 9.47 Å². The van der Waals surface area contributed by atoms with Crippen molar-refractivity contribution in [2.45, 2.75) is 44.8 Å². The Kier molecular flexibility index (Phi) is 6.19. The Morgan fingerprint density at radius 3 is 2.46 bits per heavy atom. The van der Waals surface area contributed by atoms with Crippen LogP contribution in [0.1, 0.15) is 54.1 Å². The topological polar surface area (TPSA) is 52.6 Å². The molecule has 0 spiro atoms. The first-order valence-electron chi connectivity index (χ1n) is 13.4. The number of benzene rings is 3. The third kappa shape index (κ3) is 4.19. The number of esters is 2. The SMILES string of the molecule is C=C(C(=O)OC1C(OC(=O)c2cccc3ccccc23)CC2C3CCC(C3)C21)c1ccccc1/C=C\C. The lowest BCUT2D eigenvalue weighted by Crippen LogP contribution is -2.37. The van der Waals surface area contributed by atoms with E-state index in [1.807, 2.05) is 85.8 Å². The maximum Gasteiger partial charge on any atom is 0.339 e. The molecule has 3 aromatic carbocycles. The fourth-order valence-electron chi connectivity index (χ4n) is 7.24. The molecule has 3 fully saturated rings. The van der Waals surface area contributed by atoms with Crippen LogP contribution >= 0.6 is 0 Å². The Labute approximate surface area is 218 Å². The average Bonchev–Trinajstić information content (AvgIpc) is 3.62. The predicted octanol–water partition coefficient (Wildman–Crippen LogP) is 7.09. The van der Waals surface area contributed by atoms with Crippen molar-refractivity contribution < 1.29 is 19.1 Å². The molecule has 0 amide bonds. The minimum Gasteiger partial charge on any atom is -0.455 e. The van der Waals surface area contributed by atoms with Gasteiger partial charge in [-0.25, -0.2) is 9.59 Å². The molecule has 37 heavy (non-hydrogen) atoms. The van der Waals surface area contributed by atoms with Crippen molar-refractivity contribution in [1.29, 1.82) is 0 Å². The van der Waals surface area contributed by atoms with Crippen molar-refractivity contribution >= 4 is 34.4 Å². The number of hydrogen-bond donors (Lipinski definition) is 0. The first kappa shape index (κ1) is 23.7. The minimum absolute atomic E-state index is 0.242. The number of carbonyl (C=O) groups is 2. The summed E-state index contributed by atoms with van der Waals surface area (Å²) in [5.41, 5.74) is 2.57. The summed E-state index contributed by atoms with van der Waals surface area (Å²) < 4.78 is 12.4. The van der Waals surface area contributed by atoms with Crippen LogP contribution in [0.5, 0.6) is 0 Å². The van der Waals surface area contributed by atoms with Crippen LogP contribution in [0, 0.1) is 23.7 Å². The summed E-state index contributed by atoms with van der Waals surface area (Å²) in [7, 11) is 0. The molecule has 6 rings (SSSR count). The molecule has 3 aromatic rings. The van der Waals surface area contributed by atoms with E-state index in [0.717, 1.165) is 34.7 Å². The highest BCUT2D eigenvalue weighted by atomic mass is 16.6. The lowest BCUT2D eigenvalue weighted by atomic mass is 9.81. The molecule has 0 N–H and O–H groups in total. The molecule has 2 bridgehead atoms. The molecule has 0 heterocycles. The summed E-state index contributed by atoms with van der Waals surface area (Å²) in [6, 6.07) is 21.2. The van der Waals surface area contributed by atoms with E-state index in [9.17, 15) is 9.59 Å². The largest absolute Gasteiger partial charge is 0.455 e. The molecule has 3 saturated carbocycles. The van der Waals surface area contributed by atoms with Gasteiger partial charge in [0.05, 0.1) is 11.1 Å². The highest BCUT2D eigenvalue weighted by Gasteiger charge is 2.59. The van der Waals surface area contributed by atoms with Gasteiger partial charge in [-0.3, -0.25) is 0 Å². The fraction of sp³-hybridized carbons (Fsp3) is 0.333. The smallest absolute Gasteiger partial charge is 0.339 e. The monoisotopic (exact) mass is 492 g/mol. The van der Waals surface area contributed by atoms with Gasteiger partial charge in [-0.05, 0) is 78.3 Å². The second-order valence-corrected chi connectivity index (χ2v) is 10.7. The Morgan fingerprint density at radius 2 is 1.59 bits per heavy atom. The zero-order valence-electron chi connectivity index (χ0n) is 21.1. The van der Waals surface area contributed by atoms with E-state index in [2.05, 4.69) is 6.58 Å². The fourth-order valence-corrected chi connectivity index (χ4v) is 7.24. The number of fused-ring (bicyclic) bond motifs is 6. The summed E-state index contributed by atoms with van der Waals surface area (Å²) in [4.78, 5) is 26.9. The van der Waals surface area contributed by atoms with Crippen molar-refractivity contribution in [2.24, 2.45) is 23.7 Å². The Bertz CT molecular complexity index is 1400. The van der Waals surface area contributed by atoms with Gasteiger partial charge in [-0.2, -0.15) is 0 Å². The molecule has 3 aliphatic rings. The van der Waals surface area contributed by atoms with Crippen LogP contribution in [0.4, 0.5) is 0 Å². The number of hydrogen-bond acceptors (Lipinski definition) is 4. The second-order valence-electron chi connectivity index (χ2n) is 10.7. The van der Waals surface area contributed by atoms with E-state index in [0.29, 0.717) is 28.9 Å². The summed E-state index contributed by atoms with van der Waals surface area (Å²) in [5.74, 6) is 1.05. The summed E-state index contributed by atoms with van der Waals surface area (Å²) >= 11 is 0. The van der Waals surface area contributed by atoms with Crippen LogP contribution in [-0.4, -0.2) is 24.1 Å². The molecule has 4 nitrogen and oxygen atoms in total. The van der Waals surface area contributed by atoms with Crippen LogP contribution in [0.25, 0.3) is 22.4 Å². The lowest BCUT2D eigenvalue weighted by Gasteiger charge is -2.30. The molecular weight excluding hydrogens is 460 g/mol. The maximum absolute atomic E-state index is 13.4. The average molecular weight is 493 g/mol. The quantitative estimate of drug-likeness (QED) is 0.272. The highest BCUT2D eigenvalue weighted by Crippen LogP contribution is 2.60. The zero-order chi connectivity index (χ0) is 25.5. The first-order valence-corrected chi connectivity index (χ1v) is 13.4. The van der Waals surface area contributed by atoms with Crippen molar-refractivity contribution in [2.75, 3.05) is 0 Å². The first-order chi connectivity index (χ1) is 18.0. The van der Waals surface area contributed by atoms with E-state index in [1.165, 1.54) is 12.8 Å². The van der Waals surface area contributed by atoms with Crippen molar-refractivity contribution in [3.63, 3.8) is 0 Å². The molecule has 0 aromatic heterocycles. The van der Waals surface area contributed by atoms with Crippen LogP contribution in [0.3, 0.4) is 0 Å². The van der Waals surface area contributed by atoms with Crippen LogP contribution in [0.15, 0.2) is 79.4 Å². The van der Waals surface area contributed by atoms with Crippen molar-refractivity contribution in [3.05, 3.63) is 96.1 Å². The maximum atomic E-state index is 13.4. The van der Waals surface area contributed by atoms with Crippen LogP contribution in [0.2, 0.25) is 0 Å². The van der Waals surface area contributed by atoms with E-state index >= 15 is 0 Å². The second kappa shape index (κ2) is 9.66. The Hall–Kier alpha value is -3.66. The van der Waals surface area contributed by atoms with Gasteiger partial charge in [0, 0.05) is 5.92 Å². The molecule has 3 aliphatic carbocycles. The van der Waals surface area contributed by atoms with E-state index in [1.54, 1.807) is 0 Å². The highest BCUT2D eigenvalue weighted by molar-refractivity contribution is 6.16.